The van der Waals surface area contributed by atoms with Gasteiger partial charge in [-0.15, -0.1) is 0 Å². The van der Waals surface area contributed by atoms with Crippen molar-refractivity contribution in [3.63, 3.8) is 0 Å². The van der Waals surface area contributed by atoms with Crippen molar-refractivity contribution in [2.75, 3.05) is 12.4 Å². The van der Waals surface area contributed by atoms with E-state index >= 15 is 0 Å². The average molecular weight is 381 g/mol. The average Bonchev–Trinajstić information content (AvgIpc) is 2.59. The van der Waals surface area contributed by atoms with E-state index in [1.54, 1.807) is 6.92 Å². The minimum atomic E-state index is -1.69. The van der Waals surface area contributed by atoms with Gasteiger partial charge in [0.1, 0.15) is 23.2 Å². The molecule has 0 saturated heterocycles. The zero-order valence-corrected chi connectivity index (χ0v) is 15.1. The number of aliphatic hydroxyl groups is 2. The van der Waals surface area contributed by atoms with Gasteiger partial charge in [0, 0.05) is 18.6 Å². The number of cyclic esters (lactones) is 1. The third-order valence-electron chi connectivity index (χ3n) is 4.24. The predicted molar refractivity (Wildman–Crippen MR) is 93.7 cm³/mol. The summed E-state index contributed by atoms with van der Waals surface area (Å²) in [5, 5.41) is 32.4. The molecule has 4 N–H and O–H groups in total. The van der Waals surface area contributed by atoms with Crippen molar-refractivity contribution in [2.24, 2.45) is 0 Å². The van der Waals surface area contributed by atoms with Gasteiger partial charge in [-0.1, -0.05) is 0 Å². The van der Waals surface area contributed by atoms with Crippen molar-refractivity contribution in [1.29, 1.82) is 0 Å². The van der Waals surface area contributed by atoms with E-state index in [1.165, 1.54) is 19.2 Å². The van der Waals surface area contributed by atoms with Crippen molar-refractivity contribution in [2.45, 2.75) is 50.9 Å². The number of fused-ring (bicyclic) bond motifs is 1. The van der Waals surface area contributed by atoms with Crippen molar-refractivity contribution in [3.05, 3.63) is 17.7 Å². The molecule has 27 heavy (non-hydrogen) atoms. The van der Waals surface area contributed by atoms with Crippen LogP contribution >= 0.6 is 0 Å². The molecule has 0 aromatic heterocycles. The molecule has 3 atom stereocenters. The second kappa shape index (κ2) is 8.83. The minimum Gasteiger partial charge on any atom is -0.507 e. The molecule has 0 spiro atoms. The van der Waals surface area contributed by atoms with Gasteiger partial charge in [0.25, 0.3) is 0 Å². The first kappa shape index (κ1) is 20.7. The molecule has 1 amide bonds. The van der Waals surface area contributed by atoms with Gasteiger partial charge in [-0.05, 0) is 19.8 Å². The highest BCUT2D eigenvalue weighted by Gasteiger charge is 2.28. The summed E-state index contributed by atoms with van der Waals surface area (Å²) in [6.07, 6.45) is -3.78. The summed E-state index contributed by atoms with van der Waals surface area (Å²) in [6.45, 7) is 1.62. The number of amides is 1. The Balaban J connectivity index is 2.41. The number of anilines is 1. The number of hydrogen-bond donors (Lipinski definition) is 4. The van der Waals surface area contributed by atoms with Crippen molar-refractivity contribution < 1.29 is 39.2 Å². The number of nitrogens with one attached hydrogen (secondary N) is 1. The number of aliphatic hydroxyl groups excluding tert-OH is 2. The third kappa shape index (κ3) is 5.18. The van der Waals surface area contributed by atoms with Crippen LogP contribution in [-0.2, 0) is 14.3 Å². The summed E-state index contributed by atoms with van der Waals surface area (Å²) in [4.78, 5) is 36.6. The van der Waals surface area contributed by atoms with Gasteiger partial charge in [0.15, 0.2) is 5.78 Å². The van der Waals surface area contributed by atoms with Gasteiger partial charge in [-0.2, -0.15) is 0 Å². The van der Waals surface area contributed by atoms with Crippen LogP contribution in [0.15, 0.2) is 12.1 Å². The topological polar surface area (TPSA) is 142 Å². The lowest BCUT2D eigenvalue weighted by atomic mass is 10.0. The molecule has 148 valence electrons. The molecular formula is C18H23NO8. The van der Waals surface area contributed by atoms with E-state index in [9.17, 15) is 29.7 Å². The predicted octanol–water partition coefficient (Wildman–Crippen LogP) is 0.750. The van der Waals surface area contributed by atoms with E-state index in [4.69, 9.17) is 9.47 Å². The van der Waals surface area contributed by atoms with E-state index in [0.29, 0.717) is 12.8 Å². The highest BCUT2D eigenvalue weighted by molar-refractivity contribution is 6.04. The summed E-state index contributed by atoms with van der Waals surface area (Å²) < 4.78 is 10.3. The fraction of sp³-hybridized carbons (Fsp3) is 0.500. The number of esters is 1. The molecule has 3 unspecified atom stereocenters. The quantitative estimate of drug-likeness (QED) is 0.522. The zero-order valence-electron chi connectivity index (χ0n) is 15.1. The number of rotatable bonds is 1. The fourth-order valence-corrected chi connectivity index (χ4v) is 2.76. The molecule has 0 radical (unpaired) electrons. The summed E-state index contributed by atoms with van der Waals surface area (Å²) in [6, 6.07) is 2.52. The van der Waals surface area contributed by atoms with Crippen LogP contribution in [0.5, 0.6) is 11.5 Å². The Kier molecular flexibility index (Phi) is 6.75. The molecule has 1 heterocycles. The SMILES string of the molecule is COc1cc(O)c2c(c1)NC(=O)CC(O)C(O)C(=O)CCCC(C)OC2=O. The Labute approximate surface area is 155 Å². The van der Waals surface area contributed by atoms with E-state index < -0.39 is 48.1 Å². The van der Waals surface area contributed by atoms with Gasteiger partial charge in [0.05, 0.1) is 31.4 Å². The molecule has 9 nitrogen and oxygen atoms in total. The highest BCUT2D eigenvalue weighted by atomic mass is 16.5. The molecule has 1 aliphatic rings. The Morgan fingerprint density at radius 1 is 1.22 bits per heavy atom. The molecule has 0 fully saturated rings. The number of Topliss-reactive ketones (excluding diaryl/α,β-unsaturated/α-hetero) is 1. The van der Waals surface area contributed by atoms with Crippen LogP contribution in [0.4, 0.5) is 5.69 Å². The normalized spacial score (nSPS) is 25.0. The lowest BCUT2D eigenvalue weighted by Crippen LogP contribution is -2.37. The maximum absolute atomic E-state index is 12.5. The Morgan fingerprint density at radius 3 is 2.59 bits per heavy atom. The molecular weight excluding hydrogens is 358 g/mol. The van der Waals surface area contributed by atoms with Crippen LogP contribution in [0.25, 0.3) is 0 Å². The van der Waals surface area contributed by atoms with Crippen molar-refractivity contribution in [1.82, 2.24) is 0 Å². The van der Waals surface area contributed by atoms with E-state index in [0.717, 1.165) is 0 Å². The van der Waals surface area contributed by atoms with E-state index in [-0.39, 0.29) is 23.4 Å². The highest BCUT2D eigenvalue weighted by Crippen LogP contribution is 2.33. The second-order valence-corrected chi connectivity index (χ2v) is 6.41. The lowest BCUT2D eigenvalue weighted by molar-refractivity contribution is -0.134. The van der Waals surface area contributed by atoms with Crippen LogP contribution in [0.2, 0.25) is 0 Å². The second-order valence-electron chi connectivity index (χ2n) is 6.41. The molecule has 2 rings (SSSR count). The number of hydrogen-bond acceptors (Lipinski definition) is 8. The van der Waals surface area contributed by atoms with Crippen molar-refractivity contribution >= 4 is 23.3 Å². The molecule has 9 heteroatoms. The first-order valence-electron chi connectivity index (χ1n) is 8.53. The maximum Gasteiger partial charge on any atom is 0.344 e. The number of methoxy groups -OCH3 is 1. The first-order chi connectivity index (χ1) is 12.7. The zero-order chi connectivity index (χ0) is 20.1. The number of phenolic OH excluding ortho intramolecular Hbond substituents is 1. The van der Waals surface area contributed by atoms with E-state index in [1.807, 2.05) is 0 Å². The van der Waals surface area contributed by atoms with Gasteiger partial charge in [0.2, 0.25) is 5.91 Å². The van der Waals surface area contributed by atoms with Crippen LogP contribution in [0, 0.1) is 0 Å². The number of phenols is 1. The summed E-state index contributed by atoms with van der Waals surface area (Å²) in [5.41, 5.74) is -0.321. The van der Waals surface area contributed by atoms with Crippen LogP contribution in [0.1, 0.15) is 43.0 Å². The summed E-state index contributed by atoms with van der Waals surface area (Å²) in [5.74, 6) is -2.46. The third-order valence-corrected chi connectivity index (χ3v) is 4.24. The van der Waals surface area contributed by atoms with Gasteiger partial charge in [-0.3, -0.25) is 9.59 Å². The number of ketones is 1. The Morgan fingerprint density at radius 2 is 1.93 bits per heavy atom. The number of carbonyl (C=O) groups excluding carboxylic acids is 3. The van der Waals surface area contributed by atoms with Gasteiger partial charge >= 0.3 is 5.97 Å². The standard InChI is InChI=1S/C18H23NO8/c1-9-4-3-5-12(20)17(24)14(22)8-15(23)19-11-6-10(26-2)7-13(21)16(11)18(25)27-9/h6-7,9,14,17,21-22,24H,3-5,8H2,1-2H3,(H,19,23). The number of ether oxygens (including phenoxy) is 2. The van der Waals surface area contributed by atoms with E-state index in [2.05, 4.69) is 5.32 Å². The Hall–Kier alpha value is -2.65. The maximum atomic E-state index is 12.5. The summed E-state index contributed by atoms with van der Waals surface area (Å²) in [7, 11) is 1.35. The number of carbonyl (C=O) groups is 3. The monoisotopic (exact) mass is 381 g/mol. The van der Waals surface area contributed by atoms with Gasteiger partial charge in [-0.25, -0.2) is 4.79 Å². The molecule has 0 saturated carbocycles. The minimum absolute atomic E-state index is 0.0270. The first-order valence-corrected chi connectivity index (χ1v) is 8.53. The smallest absolute Gasteiger partial charge is 0.344 e. The van der Waals surface area contributed by atoms with Crippen LogP contribution in [-0.4, -0.2) is 58.4 Å². The van der Waals surface area contributed by atoms with Crippen LogP contribution < -0.4 is 10.1 Å². The molecule has 1 aromatic rings. The van der Waals surface area contributed by atoms with Gasteiger partial charge < -0.3 is 30.1 Å². The molecule has 0 aliphatic carbocycles. The molecule has 1 aliphatic heterocycles. The molecule has 0 bridgehead atoms. The van der Waals surface area contributed by atoms with Crippen LogP contribution in [0.3, 0.4) is 0 Å². The summed E-state index contributed by atoms with van der Waals surface area (Å²) >= 11 is 0. The number of benzene rings is 1. The largest absolute Gasteiger partial charge is 0.507 e. The Bertz CT molecular complexity index is 732. The lowest BCUT2D eigenvalue weighted by Gasteiger charge is -2.20. The van der Waals surface area contributed by atoms with Crippen molar-refractivity contribution in [3.8, 4) is 11.5 Å². The molecule has 1 aromatic carbocycles. The fourth-order valence-electron chi connectivity index (χ4n) is 2.76. The number of aromatic hydroxyl groups is 1.